The predicted molar refractivity (Wildman–Crippen MR) is 93.9 cm³/mol. The van der Waals surface area contributed by atoms with Gasteiger partial charge in [0.15, 0.2) is 5.76 Å². The molecule has 1 fully saturated rings. The highest BCUT2D eigenvalue weighted by atomic mass is 16.3. The molecule has 5 heterocycles. The Bertz CT molecular complexity index is 1000. The first-order valence-electron chi connectivity index (χ1n) is 8.81. The Morgan fingerprint density at radius 2 is 1.85 bits per heavy atom. The van der Waals surface area contributed by atoms with Crippen LogP contribution in [0, 0.1) is 5.92 Å². The maximum Gasteiger partial charge on any atom is 0.289 e. The predicted octanol–water partition coefficient (Wildman–Crippen LogP) is 2.96. The largest absolute Gasteiger partial charge is 0.464 e. The second kappa shape index (κ2) is 5.76. The van der Waals surface area contributed by atoms with Gasteiger partial charge in [-0.05, 0) is 48.7 Å². The maximum absolute atomic E-state index is 13.0. The van der Waals surface area contributed by atoms with Gasteiger partial charge in [-0.25, -0.2) is 0 Å². The fourth-order valence-electron chi connectivity index (χ4n) is 4.29. The van der Waals surface area contributed by atoms with Gasteiger partial charge >= 0.3 is 0 Å². The normalized spacial score (nSPS) is 21.5. The Balaban J connectivity index is 1.49. The molecule has 26 heavy (non-hydrogen) atoms. The first-order chi connectivity index (χ1) is 12.7. The van der Waals surface area contributed by atoms with Crippen molar-refractivity contribution in [3.8, 4) is 11.3 Å². The van der Waals surface area contributed by atoms with E-state index in [1.54, 1.807) is 30.5 Å². The fourth-order valence-corrected chi connectivity index (χ4v) is 4.29. The van der Waals surface area contributed by atoms with Crippen molar-refractivity contribution in [1.82, 2.24) is 9.47 Å². The summed E-state index contributed by atoms with van der Waals surface area (Å²) in [6, 6.07) is 10.8. The summed E-state index contributed by atoms with van der Waals surface area (Å²) in [6.07, 6.45) is 4.09. The summed E-state index contributed by atoms with van der Waals surface area (Å²) in [5, 5.41) is 0. The zero-order chi connectivity index (χ0) is 17.7. The van der Waals surface area contributed by atoms with E-state index >= 15 is 0 Å². The van der Waals surface area contributed by atoms with Crippen molar-refractivity contribution in [2.45, 2.75) is 18.9 Å². The molecular weight excluding hydrogens is 332 g/mol. The number of piperidine rings is 1. The summed E-state index contributed by atoms with van der Waals surface area (Å²) in [6.45, 7) is 1.88. The standard InChI is InChI=1S/C20H18N2O4/c23-19-15(17-3-1-7-25-17)5-6-16-14-9-13(11-22(16)19)10-21(12-14)20(24)18-4-2-8-26-18/h1-8,13-14H,9-12H2/t13-,14+/m0/s1. The summed E-state index contributed by atoms with van der Waals surface area (Å²) >= 11 is 0. The van der Waals surface area contributed by atoms with E-state index in [1.807, 2.05) is 21.6 Å². The van der Waals surface area contributed by atoms with Crippen molar-refractivity contribution < 1.29 is 13.6 Å². The molecule has 5 rings (SSSR count). The lowest BCUT2D eigenvalue weighted by atomic mass is 9.83. The summed E-state index contributed by atoms with van der Waals surface area (Å²) < 4.78 is 12.5. The summed E-state index contributed by atoms with van der Waals surface area (Å²) in [5.41, 5.74) is 1.57. The number of likely N-dealkylation sites (tertiary alicyclic amines) is 1. The van der Waals surface area contributed by atoms with E-state index in [-0.39, 0.29) is 23.3 Å². The van der Waals surface area contributed by atoms with Gasteiger partial charge in [0.05, 0.1) is 18.1 Å². The number of carbonyl (C=O) groups excluding carboxylic acids is 1. The van der Waals surface area contributed by atoms with Crippen LogP contribution in [0.2, 0.25) is 0 Å². The second-order valence-corrected chi connectivity index (χ2v) is 7.05. The van der Waals surface area contributed by atoms with Crippen LogP contribution < -0.4 is 5.56 Å². The molecule has 132 valence electrons. The van der Waals surface area contributed by atoms with E-state index in [0.717, 1.165) is 12.1 Å². The van der Waals surface area contributed by atoms with Gasteiger partial charge in [0.2, 0.25) is 0 Å². The van der Waals surface area contributed by atoms with Crippen molar-refractivity contribution in [3.63, 3.8) is 0 Å². The first-order valence-corrected chi connectivity index (χ1v) is 8.81. The Morgan fingerprint density at radius 1 is 1.00 bits per heavy atom. The summed E-state index contributed by atoms with van der Waals surface area (Å²) in [5.74, 6) is 1.32. The summed E-state index contributed by atoms with van der Waals surface area (Å²) in [7, 11) is 0. The molecule has 3 aromatic heterocycles. The SMILES string of the molecule is O=C(c1ccco1)N1C[C@@H]2C[C@H](C1)c1ccc(-c3ccco3)c(=O)n1C2. The number of furan rings is 2. The molecule has 6 nitrogen and oxygen atoms in total. The fraction of sp³-hybridized carbons (Fsp3) is 0.300. The molecule has 6 heteroatoms. The molecule has 0 unspecified atom stereocenters. The third kappa shape index (κ3) is 2.33. The number of aromatic nitrogens is 1. The van der Waals surface area contributed by atoms with Crippen LogP contribution >= 0.6 is 0 Å². The van der Waals surface area contributed by atoms with Gasteiger partial charge in [0.25, 0.3) is 11.5 Å². The third-order valence-electron chi connectivity index (χ3n) is 5.41. The molecule has 0 aliphatic carbocycles. The second-order valence-electron chi connectivity index (χ2n) is 7.05. The smallest absolute Gasteiger partial charge is 0.289 e. The number of rotatable bonds is 2. The van der Waals surface area contributed by atoms with Gasteiger partial charge in [-0.15, -0.1) is 0 Å². The quantitative estimate of drug-likeness (QED) is 0.713. The van der Waals surface area contributed by atoms with Crippen molar-refractivity contribution in [3.05, 3.63) is 70.7 Å². The van der Waals surface area contributed by atoms with E-state index < -0.39 is 0 Å². The van der Waals surface area contributed by atoms with Gasteiger partial charge in [0, 0.05) is 31.2 Å². The minimum Gasteiger partial charge on any atom is -0.464 e. The number of pyridine rings is 1. The molecule has 0 spiro atoms. The molecule has 3 aromatic rings. The van der Waals surface area contributed by atoms with E-state index in [9.17, 15) is 9.59 Å². The lowest BCUT2D eigenvalue weighted by molar-refractivity contribution is 0.0564. The maximum atomic E-state index is 13.0. The van der Waals surface area contributed by atoms with Crippen LogP contribution in [0.25, 0.3) is 11.3 Å². The van der Waals surface area contributed by atoms with Gasteiger partial charge in [-0.1, -0.05) is 0 Å². The number of nitrogens with zero attached hydrogens (tertiary/aromatic N) is 2. The molecule has 2 atom stereocenters. The minimum atomic E-state index is -0.0762. The van der Waals surface area contributed by atoms with Gasteiger partial charge in [0.1, 0.15) is 5.76 Å². The third-order valence-corrected chi connectivity index (χ3v) is 5.41. The Hall–Kier alpha value is -3.02. The molecule has 2 aliphatic heterocycles. The average molecular weight is 350 g/mol. The molecule has 2 bridgehead atoms. The number of hydrogen-bond acceptors (Lipinski definition) is 4. The van der Waals surface area contributed by atoms with Crippen molar-refractivity contribution >= 4 is 5.91 Å². The van der Waals surface area contributed by atoms with Crippen LogP contribution in [-0.4, -0.2) is 28.5 Å². The van der Waals surface area contributed by atoms with E-state index in [1.165, 1.54) is 6.26 Å². The number of hydrogen-bond donors (Lipinski definition) is 0. The zero-order valence-corrected chi connectivity index (χ0v) is 14.1. The van der Waals surface area contributed by atoms with Gasteiger partial charge in [-0.2, -0.15) is 0 Å². The van der Waals surface area contributed by atoms with Crippen LogP contribution in [0.4, 0.5) is 0 Å². The van der Waals surface area contributed by atoms with Crippen LogP contribution in [0.3, 0.4) is 0 Å². The van der Waals surface area contributed by atoms with Crippen molar-refractivity contribution in [1.29, 1.82) is 0 Å². The topological polar surface area (TPSA) is 68.6 Å². The average Bonchev–Trinajstić information content (AvgIpc) is 3.36. The highest BCUT2D eigenvalue weighted by molar-refractivity contribution is 5.91. The molecule has 1 amide bonds. The highest BCUT2D eigenvalue weighted by Gasteiger charge is 2.37. The number of fused-ring (bicyclic) bond motifs is 4. The van der Waals surface area contributed by atoms with Crippen molar-refractivity contribution in [2.75, 3.05) is 13.1 Å². The molecule has 0 saturated carbocycles. The van der Waals surface area contributed by atoms with Crippen LogP contribution in [0.15, 0.2) is 62.6 Å². The van der Waals surface area contributed by atoms with E-state index in [0.29, 0.717) is 36.7 Å². The molecule has 0 aromatic carbocycles. The monoisotopic (exact) mass is 350 g/mol. The summed E-state index contributed by atoms with van der Waals surface area (Å²) in [4.78, 5) is 27.4. The number of amides is 1. The molecule has 1 saturated heterocycles. The van der Waals surface area contributed by atoms with Crippen LogP contribution in [-0.2, 0) is 6.54 Å². The highest BCUT2D eigenvalue weighted by Crippen LogP contribution is 2.36. The Morgan fingerprint density at radius 3 is 2.62 bits per heavy atom. The van der Waals surface area contributed by atoms with E-state index in [4.69, 9.17) is 8.83 Å². The molecule has 2 aliphatic rings. The van der Waals surface area contributed by atoms with E-state index in [2.05, 4.69) is 0 Å². The lowest BCUT2D eigenvalue weighted by Crippen LogP contribution is -2.49. The van der Waals surface area contributed by atoms with Gasteiger partial charge < -0.3 is 18.3 Å². The zero-order valence-electron chi connectivity index (χ0n) is 14.1. The molecular formula is C20H18N2O4. The minimum absolute atomic E-state index is 0.0158. The van der Waals surface area contributed by atoms with Crippen LogP contribution in [0.1, 0.15) is 28.6 Å². The lowest BCUT2D eigenvalue weighted by Gasteiger charge is -2.42. The molecule has 0 radical (unpaired) electrons. The number of carbonyl (C=O) groups is 1. The molecule has 0 N–H and O–H groups in total. The first kappa shape index (κ1) is 15.3. The van der Waals surface area contributed by atoms with Crippen molar-refractivity contribution in [2.24, 2.45) is 5.92 Å². The Labute approximate surface area is 149 Å². The van der Waals surface area contributed by atoms with Gasteiger partial charge in [-0.3, -0.25) is 9.59 Å². The Kier molecular flexibility index (Phi) is 3.38. The van der Waals surface area contributed by atoms with Crippen LogP contribution in [0.5, 0.6) is 0 Å².